The van der Waals surface area contributed by atoms with E-state index in [9.17, 15) is 4.79 Å². The van der Waals surface area contributed by atoms with Crippen molar-refractivity contribution in [3.63, 3.8) is 0 Å². The molecule has 41 valence electrons. The third-order valence-electron chi connectivity index (χ3n) is 0.602. The van der Waals surface area contributed by atoms with Crippen LogP contribution in [0.2, 0.25) is 0 Å². The summed E-state index contributed by atoms with van der Waals surface area (Å²) in [5.74, 6) is -0.713. The molecule has 0 saturated heterocycles. The average molecular weight is 102 g/mol. The van der Waals surface area contributed by atoms with E-state index in [0.29, 0.717) is 0 Å². The first-order chi connectivity index (χ1) is 3.18. The molecule has 0 aromatic rings. The van der Waals surface area contributed by atoms with Crippen LogP contribution in [0.3, 0.4) is 0 Å². The van der Waals surface area contributed by atoms with Crippen molar-refractivity contribution in [2.45, 2.75) is 12.5 Å². The van der Waals surface area contributed by atoms with Crippen molar-refractivity contribution in [1.29, 1.82) is 0 Å². The minimum absolute atomic E-state index is 0.148. The van der Waals surface area contributed by atoms with Gasteiger partial charge in [0, 0.05) is 0 Å². The third kappa shape index (κ3) is 2.17. The summed E-state index contributed by atoms with van der Waals surface area (Å²) in [5.41, 5.74) is 4.62. The normalized spacial score (nSPS) is 13.4. The molecular weight excluding hydrogens is 94.0 g/mol. The number of carbonyl (C=O) groups is 1. The van der Waals surface area contributed by atoms with E-state index in [2.05, 4.69) is 12.7 Å². The van der Waals surface area contributed by atoms with Gasteiger partial charge in [0.05, 0.1) is 0 Å². The topological polar surface area (TPSA) is 63.3 Å². The van der Waals surface area contributed by atoms with Crippen LogP contribution in [-0.2, 0) is 4.79 Å². The molecule has 0 saturated carbocycles. The first-order valence-electron chi connectivity index (χ1n) is 1.95. The molecular formula is C4H8NO2. The van der Waals surface area contributed by atoms with Crippen LogP contribution < -0.4 is 5.73 Å². The number of amides is 1. The van der Waals surface area contributed by atoms with Crippen LogP contribution in [0.15, 0.2) is 0 Å². The number of aliphatic hydroxyl groups is 1. The van der Waals surface area contributed by atoms with Gasteiger partial charge in [-0.2, -0.15) is 0 Å². The molecule has 0 bridgehead atoms. The molecule has 7 heavy (non-hydrogen) atoms. The van der Waals surface area contributed by atoms with Gasteiger partial charge in [0.2, 0.25) is 5.91 Å². The first-order valence-corrected chi connectivity index (χ1v) is 1.95. The highest BCUT2D eigenvalue weighted by molar-refractivity contribution is 5.78. The van der Waals surface area contributed by atoms with Crippen molar-refractivity contribution in [2.24, 2.45) is 5.73 Å². The van der Waals surface area contributed by atoms with Gasteiger partial charge in [0.15, 0.2) is 0 Å². The number of primary amides is 1. The van der Waals surface area contributed by atoms with Gasteiger partial charge in [-0.1, -0.05) is 6.92 Å². The summed E-state index contributed by atoms with van der Waals surface area (Å²) in [7, 11) is 0. The van der Waals surface area contributed by atoms with Crippen LogP contribution >= 0.6 is 0 Å². The zero-order chi connectivity index (χ0) is 5.86. The Kier molecular flexibility index (Phi) is 2.37. The standard InChI is InChI=1S/C4H8NO2/c1-2-3(6)4(5)7/h3,6H,1-2H2,(H2,5,7)/t3-/m0/s1. The number of aliphatic hydroxyl groups excluding tert-OH is 1. The molecule has 0 aliphatic rings. The lowest BCUT2D eigenvalue weighted by molar-refractivity contribution is -0.125. The van der Waals surface area contributed by atoms with Crippen molar-refractivity contribution in [3.05, 3.63) is 6.92 Å². The van der Waals surface area contributed by atoms with Gasteiger partial charge in [0.1, 0.15) is 6.10 Å². The summed E-state index contributed by atoms with van der Waals surface area (Å²) in [6.45, 7) is 3.26. The minimum atomic E-state index is -1.07. The maximum absolute atomic E-state index is 9.86. The molecule has 3 heteroatoms. The van der Waals surface area contributed by atoms with Crippen LogP contribution in [0.25, 0.3) is 0 Å². The first kappa shape index (κ1) is 6.43. The molecule has 0 aliphatic carbocycles. The maximum atomic E-state index is 9.86. The predicted molar refractivity (Wildman–Crippen MR) is 25.2 cm³/mol. The lowest BCUT2D eigenvalue weighted by Gasteiger charge is -1.97. The molecule has 0 rings (SSSR count). The van der Waals surface area contributed by atoms with E-state index >= 15 is 0 Å². The molecule has 0 spiro atoms. The van der Waals surface area contributed by atoms with E-state index < -0.39 is 12.0 Å². The lowest BCUT2D eigenvalue weighted by atomic mass is 10.3. The molecule has 1 amide bonds. The third-order valence-corrected chi connectivity index (χ3v) is 0.602. The zero-order valence-corrected chi connectivity index (χ0v) is 3.92. The summed E-state index contributed by atoms with van der Waals surface area (Å²) in [4.78, 5) is 9.86. The summed E-state index contributed by atoms with van der Waals surface area (Å²) in [5, 5.41) is 8.40. The Morgan fingerprint density at radius 2 is 2.43 bits per heavy atom. The second-order valence-corrected chi connectivity index (χ2v) is 1.21. The highest BCUT2D eigenvalue weighted by Gasteiger charge is 2.04. The van der Waals surface area contributed by atoms with Crippen molar-refractivity contribution in [3.8, 4) is 0 Å². The van der Waals surface area contributed by atoms with Crippen molar-refractivity contribution in [1.82, 2.24) is 0 Å². The Hall–Kier alpha value is -0.570. The van der Waals surface area contributed by atoms with Crippen molar-refractivity contribution in [2.75, 3.05) is 0 Å². The van der Waals surface area contributed by atoms with Gasteiger partial charge in [-0.05, 0) is 6.42 Å². The predicted octanol–water partition coefficient (Wildman–Crippen LogP) is -0.943. The number of hydrogen-bond acceptors (Lipinski definition) is 2. The van der Waals surface area contributed by atoms with Crippen LogP contribution in [0.5, 0.6) is 0 Å². The highest BCUT2D eigenvalue weighted by Crippen LogP contribution is 1.83. The summed E-state index contributed by atoms with van der Waals surface area (Å²) in [6, 6.07) is 0. The molecule has 0 unspecified atom stereocenters. The Bertz CT molecular complexity index is 72.1. The largest absolute Gasteiger partial charge is 0.383 e. The minimum Gasteiger partial charge on any atom is -0.383 e. The SMILES string of the molecule is [CH2]C[C@H](O)C(N)=O. The van der Waals surface area contributed by atoms with Gasteiger partial charge in [-0.15, -0.1) is 0 Å². The second kappa shape index (κ2) is 2.58. The Balaban J connectivity index is 3.34. The average Bonchev–Trinajstić information content (AvgIpc) is 1.65. The second-order valence-electron chi connectivity index (χ2n) is 1.21. The molecule has 3 N–H and O–H groups in total. The van der Waals surface area contributed by atoms with Gasteiger partial charge < -0.3 is 10.8 Å². The zero-order valence-electron chi connectivity index (χ0n) is 3.92. The molecule has 0 fully saturated rings. The maximum Gasteiger partial charge on any atom is 0.246 e. The van der Waals surface area contributed by atoms with Crippen LogP contribution in [-0.4, -0.2) is 17.1 Å². The van der Waals surface area contributed by atoms with E-state index in [1.54, 1.807) is 0 Å². The van der Waals surface area contributed by atoms with E-state index in [1.165, 1.54) is 0 Å². The van der Waals surface area contributed by atoms with Gasteiger partial charge in [-0.25, -0.2) is 0 Å². The Morgan fingerprint density at radius 1 is 2.00 bits per heavy atom. The van der Waals surface area contributed by atoms with E-state index in [4.69, 9.17) is 5.11 Å². The van der Waals surface area contributed by atoms with Gasteiger partial charge >= 0.3 is 0 Å². The van der Waals surface area contributed by atoms with Crippen LogP contribution in [0.4, 0.5) is 0 Å². The van der Waals surface area contributed by atoms with Crippen LogP contribution in [0.1, 0.15) is 6.42 Å². The Labute approximate surface area is 42.1 Å². The lowest BCUT2D eigenvalue weighted by Crippen LogP contribution is -2.27. The molecule has 1 atom stereocenters. The number of hydrogen-bond donors (Lipinski definition) is 2. The summed E-state index contributed by atoms with van der Waals surface area (Å²) < 4.78 is 0. The van der Waals surface area contributed by atoms with Crippen LogP contribution in [0, 0.1) is 6.92 Å². The quantitative estimate of drug-likeness (QED) is 0.472. The fraction of sp³-hybridized carbons (Fsp3) is 0.500. The smallest absolute Gasteiger partial charge is 0.246 e. The van der Waals surface area contributed by atoms with Crippen molar-refractivity contribution < 1.29 is 9.90 Å². The number of nitrogens with two attached hydrogens (primary N) is 1. The van der Waals surface area contributed by atoms with E-state index in [1.807, 2.05) is 0 Å². The number of carbonyl (C=O) groups excluding carboxylic acids is 1. The Morgan fingerprint density at radius 3 is 2.43 bits per heavy atom. The highest BCUT2D eigenvalue weighted by atomic mass is 16.3. The molecule has 0 aromatic heterocycles. The molecule has 3 nitrogen and oxygen atoms in total. The summed E-state index contributed by atoms with van der Waals surface area (Å²) in [6.07, 6.45) is -0.921. The summed E-state index contributed by atoms with van der Waals surface area (Å²) >= 11 is 0. The molecule has 1 radical (unpaired) electrons. The monoisotopic (exact) mass is 102 g/mol. The molecule has 0 aromatic carbocycles. The molecule has 0 aliphatic heterocycles. The van der Waals surface area contributed by atoms with E-state index in [0.717, 1.165) is 0 Å². The van der Waals surface area contributed by atoms with Gasteiger partial charge in [-0.3, -0.25) is 4.79 Å². The van der Waals surface area contributed by atoms with Gasteiger partial charge in [0.25, 0.3) is 0 Å². The fourth-order valence-corrected chi connectivity index (χ4v) is 0.142. The van der Waals surface area contributed by atoms with Crippen molar-refractivity contribution >= 4 is 5.91 Å². The fourth-order valence-electron chi connectivity index (χ4n) is 0.142. The van der Waals surface area contributed by atoms with E-state index in [-0.39, 0.29) is 6.42 Å². The number of rotatable bonds is 2. The molecule has 0 heterocycles.